The summed E-state index contributed by atoms with van der Waals surface area (Å²) < 4.78 is 45.5. The molecule has 12 rings (SSSR count). The van der Waals surface area contributed by atoms with E-state index in [1.807, 2.05) is 72.8 Å². The fourth-order valence-corrected chi connectivity index (χ4v) is 14.1. The van der Waals surface area contributed by atoms with Gasteiger partial charge in [0, 0.05) is 27.5 Å². The summed E-state index contributed by atoms with van der Waals surface area (Å²) in [7, 11) is -4.10. The van der Waals surface area contributed by atoms with Gasteiger partial charge in [0.25, 0.3) is 10.1 Å². The molecule has 0 atom stereocenters. The van der Waals surface area contributed by atoms with Crippen molar-refractivity contribution in [1.29, 1.82) is 5.26 Å². The Hall–Kier alpha value is -8.30. The van der Waals surface area contributed by atoms with Gasteiger partial charge in [-0.2, -0.15) is 13.7 Å². The average molecular weight is 1090 g/mol. The molecule has 1 saturated carbocycles. The lowest BCUT2D eigenvalue weighted by molar-refractivity contribution is 0.309. The SMILES string of the molecule is [C-]#[N+]/C(c1nc2ccccc2s1)=c1\c2c(C3CCCCC3)n(B(c3ccccc3)c3ccccc3)/c(=C(/C#N)c3nc4ccccc4s3)c2c(-c2ccc(OCCCCS(=O)(=O)O)cc2)n1B(c1ccccc1)c1ccccc1. The molecule has 1 fully saturated rings. The van der Waals surface area contributed by atoms with Crippen molar-refractivity contribution in [3.05, 3.63) is 232 Å². The molecule has 0 bridgehead atoms. The van der Waals surface area contributed by atoms with Crippen molar-refractivity contribution < 1.29 is 17.7 Å². The van der Waals surface area contributed by atoms with Crippen LogP contribution in [0.15, 0.2) is 194 Å². The Morgan fingerprint density at radius 2 is 1.13 bits per heavy atom. The molecule has 1 aliphatic carbocycles. The molecular weight excluding hydrogens is 1030 g/mol. The molecule has 0 unspecified atom stereocenters. The van der Waals surface area contributed by atoms with Crippen molar-refractivity contribution in [3.63, 3.8) is 0 Å². The summed E-state index contributed by atoms with van der Waals surface area (Å²) in [5.41, 5.74) is 9.26. The quantitative estimate of drug-likeness (QED) is 0.0442. The van der Waals surface area contributed by atoms with Crippen LogP contribution in [0.3, 0.4) is 0 Å². The highest BCUT2D eigenvalue weighted by Crippen LogP contribution is 2.41. The summed E-state index contributed by atoms with van der Waals surface area (Å²) in [5, 5.41) is 16.6. The molecule has 4 aromatic heterocycles. The predicted octanol–water partition coefficient (Wildman–Crippen LogP) is 10.5. The van der Waals surface area contributed by atoms with E-state index in [1.165, 1.54) is 22.7 Å². The number of ether oxygens (including phenoxy) is 1. The average Bonchev–Trinajstić information content (AvgIpc) is 2.77. The third kappa shape index (κ3) is 10.2. The topological polar surface area (TPSA) is 127 Å². The van der Waals surface area contributed by atoms with Crippen molar-refractivity contribution in [3.8, 4) is 23.1 Å². The molecule has 1 N–H and O–H groups in total. The highest BCUT2D eigenvalue weighted by molar-refractivity contribution is 7.85. The zero-order chi connectivity index (χ0) is 53.9. The van der Waals surface area contributed by atoms with Crippen LogP contribution in [0.1, 0.15) is 66.6 Å². The lowest BCUT2D eigenvalue weighted by Crippen LogP contribution is -2.55. The van der Waals surface area contributed by atoms with Gasteiger partial charge in [-0.05, 0) is 85.7 Å². The van der Waals surface area contributed by atoms with Gasteiger partial charge in [0.1, 0.15) is 27.4 Å². The molecule has 0 spiro atoms. The number of nitrogens with zero attached hydrogens (tertiary/aromatic N) is 6. The largest absolute Gasteiger partial charge is 0.494 e. The van der Waals surface area contributed by atoms with E-state index in [0.29, 0.717) is 33.5 Å². The van der Waals surface area contributed by atoms with Gasteiger partial charge in [0.2, 0.25) is 5.70 Å². The first kappa shape index (κ1) is 51.5. The van der Waals surface area contributed by atoms with Crippen LogP contribution in [0.4, 0.5) is 0 Å². The maximum Gasteiger partial charge on any atom is 0.327 e. The maximum atomic E-state index is 12.2. The van der Waals surface area contributed by atoms with E-state index in [0.717, 1.165) is 113 Å². The van der Waals surface area contributed by atoms with Crippen LogP contribution in [0.5, 0.6) is 5.75 Å². The van der Waals surface area contributed by atoms with E-state index in [-0.39, 0.29) is 24.7 Å². The number of para-hydroxylation sites is 2. The fraction of sp³-hybridized carbons (Fsp3) is 0.156. The summed E-state index contributed by atoms with van der Waals surface area (Å²) in [5.74, 6) is 0.265. The Kier molecular flexibility index (Phi) is 14.7. The van der Waals surface area contributed by atoms with E-state index in [9.17, 15) is 24.8 Å². The molecule has 7 aromatic carbocycles. The lowest BCUT2D eigenvalue weighted by Gasteiger charge is -2.29. The minimum Gasteiger partial charge on any atom is -0.494 e. The Morgan fingerprint density at radius 1 is 0.633 bits per heavy atom. The number of nitriles is 1. The Morgan fingerprint density at radius 3 is 1.63 bits per heavy atom. The molecule has 1 aliphatic rings. The number of hydrogen-bond donors (Lipinski definition) is 1. The second kappa shape index (κ2) is 22.6. The molecule has 0 radical (unpaired) electrons. The molecule has 10 nitrogen and oxygen atoms in total. The van der Waals surface area contributed by atoms with Crippen LogP contribution in [0.25, 0.3) is 58.6 Å². The maximum absolute atomic E-state index is 12.2. The molecular formula is C64H52B2N6O4S3. The molecule has 4 heterocycles. The molecule has 386 valence electrons. The summed E-state index contributed by atoms with van der Waals surface area (Å²) >= 11 is 3.03. The van der Waals surface area contributed by atoms with Crippen molar-refractivity contribution in [2.75, 3.05) is 12.4 Å². The van der Waals surface area contributed by atoms with E-state index >= 15 is 0 Å². The number of aromatic nitrogens is 4. The van der Waals surface area contributed by atoms with E-state index in [2.05, 4.69) is 141 Å². The highest BCUT2D eigenvalue weighted by atomic mass is 32.2. The number of thiazole rings is 2. The van der Waals surface area contributed by atoms with Crippen molar-refractivity contribution in [2.45, 2.75) is 50.9 Å². The van der Waals surface area contributed by atoms with Gasteiger partial charge in [-0.15, -0.1) is 22.7 Å². The normalized spacial score (nSPS) is 13.8. The lowest BCUT2D eigenvalue weighted by atomic mass is 9.49. The van der Waals surface area contributed by atoms with E-state index in [4.69, 9.17) is 14.7 Å². The van der Waals surface area contributed by atoms with Crippen LogP contribution in [0, 0.1) is 17.9 Å². The van der Waals surface area contributed by atoms with Crippen LogP contribution < -0.4 is 37.3 Å². The van der Waals surface area contributed by atoms with Crippen molar-refractivity contribution in [1.82, 2.24) is 18.9 Å². The second-order valence-electron chi connectivity index (χ2n) is 20.0. The van der Waals surface area contributed by atoms with Gasteiger partial charge in [-0.1, -0.05) is 187 Å². The van der Waals surface area contributed by atoms with Crippen LogP contribution >= 0.6 is 22.7 Å². The van der Waals surface area contributed by atoms with Gasteiger partial charge < -0.3 is 13.7 Å². The minimum atomic E-state index is -4.10. The number of hydrogen-bond acceptors (Lipinski definition) is 8. The van der Waals surface area contributed by atoms with Crippen LogP contribution in [-0.2, 0) is 10.1 Å². The fourth-order valence-electron chi connectivity index (χ4n) is 11.7. The van der Waals surface area contributed by atoms with Gasteiger partial charge in [0.15, 0.2) is 0 Å². The first-order valence-corrected chi connectivity index (χ1v) is 30.0. The third-order valence-electron chi connectivity index (χ3n) is 15.1. The number of unbranched alkanes of at least 4 members (excludes halogenated alkanes) is 1. The number of benzene rings is 7. The number of rotatable bonds is 16. The molecule has 0 saturated heterocycles. The summed E-state index contributed by atoms with van der Waals surface area (Å²) in [6.45, 7) is 8.87. The minimum absolute atomic E-state index is 0.0172. The monoisotopic (exact) mass is 1090 g/mol. The molecule has 11 aromatic rings. The summed E-state index contributed by atoms with van der Waals surface area (Å²) in [6, 6.07) is 69.0. The highest BCUT2D eigenvalue weighted by Gasteiger charge is 2.39. The second-order valence-corrected chi connectivity index (χ2v) is 23.6. The van der Waals surface area contributed by atoms with Gasteiger partial charge in [-0.25, -0.2) is 14.8 Å². The Bertz CT molecular complexity index is 4100. The van der Waals surface area contributed by atoms with Crippen LogP contribution in [-0.4, -0.2) is 57.9 Å². The molecule has 79 heavy (non-hydrogen) atoms. The zero-order valence-corrected chi connectivity index (χ0v) is 45.6. The third-order valence-corrected chi connectivity index (χ3v) is 18.0. The van der Waals surface area contributed by atoms with Gasteiger partial charge in [-0.3, -0.25) is 4.55 Å². The van der Waals surface area contributed by atoms with Crippen LogP contribution in [0.2, 0.25) is 0 Å². The first-order valence-electron chi connectivity index (χ1n) is 26.7. The standard InChI is InChI=1S/C64H52B2N6O4S3/c1-68-58(64-70-53-34-18-20-36-55(53)78-64)62-57-56(60(45-37-39-50(40-38-45)76-41-21-22-42-79(73,74)75)72(62)66(48-29-13-5-14-30-48)49-31-15-6-16-32-49)61(51(43-67)63-69-52-33-17-19-35-54(52)77-63)71(59(57)44-23-7-2-8-24-44)65(46-25-9-3-10-26-46)47-27-11-4-12-28-47/h3-6,9-20,25-40,44H,2,7-8,21-24,41-42H2,(H,73,74,75)/b61-51-,62-58+. The summed E-state index contributed by atoms with van der Waals surface area (Å²) in [4.78, 5) is 15.3. The van der Waals surface area contributed by atoms with Gasteiger partial charge >= 0.3 is 13.7 Å². The molecule has 15 heteroatoms. The smallest absolute Gasteiger partial charge is 0.327 e. The van der Waals surface area contributed by atoms with Gasteiger partial charge in [0.05, 0.1) is 44.7 Å². The van der Waals surface area contributed by atoms with E-state index in [1.54, 1.807) is 0 Å². The molecule has 0 aliphatic heterocycles. The Balaban J connectivity index is 1.34. The van der Waals surface area contributed by atoms with E-state index < -0.39 is 23.8 Å². The van der Waals surface area contributed by atoms with Crippen molar-refractivity contribution >= 4 is 111 Å². The molecule has 0 amide bonds. The van der Waals surface area contributed by atoms with Crippen molar-refractivity contribution in [2.24, 2.45) is 0 Å². The summed E-state index contributed by atoms with van der Waals surface area (Å²) in [6.07, 6.45) is 5.64. The zero-order valence-electron chi connectivity index (χ0n) is 43.2. The predicted molar refractivity (Wildman–Crippen MR) is 325 cm³/mol. The first-order chi connectivity index (χ1) is 38.8. The number of fused-ring (bicyclic) bond motifs is 3. The Labute approximate surface area is 468 Å².